The highest BCUT2D eigenvalue weighted by molar-refractivity contribution is 6.02. The highest BCUT2D eigenvalue weighted by Crippen LogP contribution is 2.34. The van der Waals surface area contributed by atoms with Gasteiger partial charge in [-0.05, 0) is 160 Å². The molecule has 0 aliphatic heterocycles. The van der Waals surface area contributed by atoms with Crippen molar-refractivity contribution in [2.45, 2.75) is 75.2 Å². The summed E-state index contributed by atoms with van der Waals surface area (Å²) in [6.45, 7) is 22.2. The van der Waals surface area contributed by atoms with Crippen molar-refractivity contribution in [3.05, 3.63) is 278 Å². The molecular formula is C83H84O24. The number of carboxylic acid groups (broad SMARTS) is 1. The molecule has 9 aromatic carbocycles. The third-order valence-electron chi connectivity index (χ3n) is 15.0. The summed E-state index contributed by atoms with van der Waals surface area (Å²) in [5.41, 5.74) is 9.97. The summed E-state index contributed by atoms with van der Waals surface area (Å²) in [5, 5.41) is 55.3. The number of hydrogen-bond donors (Lipinski definition) is 6. The van der Waals surface area contributed by atoms with Crippen LogP contribution in [0.1, 0.15) is 162 Å². The molecule has 24 heteroatoms. The predicted octanol–water partition coefficient (Wildman–Crippen LogP) is 15.3. The lowest BCUT2D eigenvalue weighted by Gasteiger charge is -2.15. The Labute approximate surface area is 618 Å². The Balaban J connectivity index is 0.000000275. The van der Waals surface area contributed by atoms with Crippen LogP contribution in [0.15, 0.2) is 189 Å². The van der Waals surface area contributed by atoms with Gasteiger partial charge in [0.2, 0.25) is 0 Å². The second kappa shape index (κ2) is 42.2. The Kier molecular flexibility index (Phi) is 33.9. The van der Waals surface area contributed by atoms with E-state index in [1.54, 1.807) is 38.1 Å². The molecule has 0 amide bonds. The van der Waals surface area contributed by atoms with E-state index in [9.17, 15) is 63.6 Å². The number of aromatic carboxylic acids is 1. The topological polar surface area (TPSA) is 358 Å². The Morgan fingerprint density at radius 2 is 0.636 bits per heavy atom. The zero-order valence-electron chi connectivity index (χ0n) is 61.3. The zero-order chi connectivity index (χ0) is 79.8. The molecule has 0 aliphatic carbocycles. The molecule has 0 saturated heterocycles. The van der Waals surface area contributed by atoms with Crippen LogP contribution >= 0.6 is 0 Å². The standard InChI is InChI=1S/C19H20O3.C18H18O4.C18H18O3.2C10H10O5.C8H8O4/c1-13(2)16-11-17(19(20)21-4)14(3)10-18(16)22-12-15-8-6-5-7-9-15;1-12-9-17(22-11-14-7-5-4-6-8-14)16(13(2)19)10-15(12)18(20)21-3;1-12(2)15-10-16(18(19)20)13(3)9-17(15)21-11-14-7-5-4-6-8-14;1-5(11)6-3-7(10(14)15-2)9(13)4-8(6)12;1-6(11)15-7-3-4-8(9(12)5-7)10(13)14-2;1-12-8(11)6-3-2-5(9)4-7(6)10/h5-11H,1,12H2,2-4H3;4-10H,11H2,1-3H3;4-10H,1,11H2,2-3H3,(H,19,20);3-4,12-13H,1-2H3;3-5,12H,1-2H3;2-4,9-10H,1H3. The molecule has 107 heavy (non-hydrogen) atoms. The molecule has 0 aliphatic rings. The molecule has 0 radical (unpaired) electrons. The van der Waals surface area contributed by atoms with E-state index in [-0.39, 0.29) is 68.3 Å². The van der Waals surface area contributed by atoms with Gasteiger partial charge in [0.05, 0.1) is 63.4 Å². The van der Waals surface area contributed by atoms with Crippen LogP contribution in [0.4, 0.5) is 0 Å². The van der Waals surface area contributed by atoms with E-state index in [0.717, 1.165) is 75.6 Å². The number of methoxy groups -OCH3 is 5. The fraction of sp³-hybridized carbons (Fsp3) is 0.193. The van der Waals surface area contributed by atoms with Gasteiger partial charge in [-0.15, -0.1) is 0 Å². The molecule has 0 atom stereocenters. The first kappa shape index (κ1) is 85.9. The molecule has 6 N–H and O–H groups in total. The highest BCUT2D eigenvalue weighted by Gasteiger charge is 2.21. The van der Waals surface area contributed by atoms with Crippen molar-refractivity contribution in [2.75, 3.05) is 35.5 Å². The Bertz CT molecular complexity index is 4550. The molecule has 9 rings (SSSR count). The van der Waals surface area contributed by atoms with Crippen molar-refractivity contribution >= 4 is 64.5 Å². The van der Waals surface area contributed by atoms with Gasteiger partial charge in [0.25, 0.3) is 0 Å². The molecule has 0 saturated carbocycles. The quantitative estimate of drug-likeness (QED) is 0.0179. The monoisotopic (exact) mass is 1460 g/mol. The second-order valence-electron chi connectivity index (χ2n) is 23.1. The molecule has 0 heterocycles. The van der Waals surface area contributed by atoms with Crippen molar-refractivity contribution in [3.8, 4) is 51.7 Å². The number of ether oxygens (including phenoxy) is 9. The smallest absolute Gasteiger partial charge is 0.341 e. The lowest BCUT2D eigenvalue weighted by Crippen LogP contribution is -2.08. The number of Topliss-reactive ketones (excluding diaryl/α,β-unsaturated/α-hetero) is 2. The molecule has 560 valence electrons. The third kappa shape index (κ3) is 26.4. The predicted molar refractivity (Wildman–Crippen MR) is 398 cm³/mol. The van der Waals surface area contributed by atoms with E-state index in [4.69, 9.17) is 38.6 Å². The van der Waals surface area contributed by atoms with Crippen molar-refractivity contribution in [3.63, 3.8) is 0 Å². The summed E-state index contributed by atoms with van der Waals surface area (Å²) in [6.07, 6.45) is 0. The molecule has 0 aromatic heterocycles. The average Bonchev–Trinajstić information content (AvgIpc) is 0.822. The van der Waals surface area contributed by atoms with Gasteiger partial charge >= 0.3 is 41.8 Å². The Morgan fingerprint density at radius 3 is 0.981 bits per heavy atom. The lowest BCUT2D eigenvalue weighted by atomic mass is 10.00. The Morgan fingerprint density at radius 1 is 0.327 bits per heavy atom. The number of aryl methyl sites for hydroxylation is 3. The van der Waals surface area contributed by atoms with Crippen molar-refractivity contribution in [1.29, 1.82) is 0 Å². The maximum atomic E-state index is 11.8. The van der Waals surface area contributed by atoms with Crippen LogP contribution in [0, 0.1) is 20.8 Å². The number of rotatable bonds is 20. The molecule has 24 nitrogen and oxygen atoms in total. The number of hydrogen-bond acceptors (Lipinski definition) is 23. The number of aromatic hydroxyl groups is 5. The highest BCUT2D eigenvalue weighted by atomic mass is 16.5. The molecule has 0 unspecified atom stereocenters. The average molecular weight is 1470 g/mol. The van der Waals surface area contributed by atoms with E-state index < -0.39 is 47.3 Å². The SMILES string of the molecule is C=C(C)c1cc(C(=O)O)c(C)cc1OCc1ccccc1.C=C(C)c1cc(C(=O)OC)c(C)cc1OCc1ccccc1.COC(=O)c1cc(C(C)=O)c(O)cc1O.COC(=O)c1cc(C(C)=O)c(OCc2ccccc2)cc1C.COC(=O)c1ccc(O)cc1O.COC(=O)c1ccc(OC(C)=O)cc1O. The summed E-state index contributed by atoms with van der Waals surface area (Å²) >= 11 is 0. The first-order valence-electron chi connectivity index (χ1n) is 32.2. The maximum Gasteiger partial charge on any atom is 0.341 e. The van der Waals surface area contributed by atoms with Gasteiger partial charge in [0.15, 0.2) is 11.6 Å². The zero-order valence-corrected chi connectivity index (χ0v) is 61.3. The minimum atomic E-state index is -0.940. The van der Waals surface area contributed by atoms with Crippen molar-refractivity contribution in [1.82, 2.24) is 0 Å². The van der Waals surface area contributed by atoms with Gasteiger partial charge in [-0.3, -0.25) is 14.4 Å². The summed E-state index contributed by atoms with van der Waals surface area (Å²) in [5.74, 6) is -4.31. The first-order chi connectivity index (χ1) is 50.7. The molecule has 0 fully saturated rings. The van der Waals surface area contributed by atoms with Crippen LogP contribution in [0.25, 0.3) is 11.1 Å². The fourth-order valence-corrected chi connectivity index (χ4v) is 9.40. The number of carboxylic acids is 1. The van der Waals surface area contributed by atoms with Crippen LogP contribution in [-0.4, -0.2) is 120 Å². The van der Waals surface area contributed by atoms with Gasteiger partial charge in [0.1, 0.15) is 88.3 Å². The summed E-state index contributed by atoms with van der Waals surface area (Å²) in [4.78, 5) is 101. The van der Waals surface area contributed by atoms with Crippen molar-refractivity contribution in [2.24, 2.45) is 0 Å². The van der Waals surface area contributed by atoms with Crippen LogP contribution in [0.2, 0.25) is 0 Å². The fourth-order valence-electron chi connectivity index (χ4n) is 9.40. The number of benzene rings is 9. The van der Waals surface area contributed by atoms with E-state index in [1.807, 2.05) is 118 Å². The largest absolute Gasteiger partial charge is 0.508 e. The maximum absolute atomic E-state index is 11.8. The van der Waals surface area contributed by atoms with Crippen LogP contribution in [-0.2, 0) is 48.3 Å². The van der Waals surface area contributed by atoms with E-state index in [1.165, 1.54) is 85.6 Å². The van der Waals surface area contributed by atoms with Crippen LogP contribution in [0.3, 0.4) is 0 Å². The van der Waals surface area contributed by atoms with Gasteiger partial charge < -0.3 is 73.3 Å². The lowest BCUT2D eigenvalue weighted by molar-refractivity contribution is -0.131. The Hall–Kier alpha value is -13.5. The van der Waals surface area contributed by atoms with Gasteiger partial charge in [0, 0.05) is 36.2 Å². The summed E-state index contributed by atoms with van der Waals surface area (Å²) < 4.78 is 45.0. The minimum Gasteiger partial charge on any atom is -0.508 e. The number of phenols is 5. The van der Waals surface area contributed by atoms with E-state index in [2.05, 4.69) is 27.4 Å². The molecule has 9 aromatic rings. The molecule has 0 spiro atoms. The summed E-state index contributed by atoms with van der Waals surface area (Å²) in [6, 6.07) is 49.3. The minimum absolute atomic E-state index is 0.0217. The number of allylic oxidation sites excluding steroid dienone is 2. The molecular weight excluding hydrogens is 1380 g/mol. The normalized spacial score (nSPS) is 9.92. The number of carbonyl (C=O) groups is 9. The van der Waals surface area contributed by atoms with E-state index >= 15 is 0 Å². The van der Waals surface area contributed by atoms with E-state index in [0.29, 0.717) is 59.1 Å². The third-order valence-corrected chi connectivity index (χ3v) is 15.0. The molecule has 0 bridgehead atoms. The number of phenolic OH excluding ortho intramolecular Hbond substituents is 5. The first-order valence-corrected chi connectivity index (χ1v) is 32.2. The van der Waals surface area contributed by atoms with Crippen molar-refractivity contribution < 1.29 is 116 Å². The summed E-state index contributed by atoms with van der Waals surface area (Å²) in [7, 11) is 6.27. The van der Waals surface area contributed by atoms with Gasteiger partial charge in [-0.2, -0.15) is 0 Å². The number of ketones is 2. The second-order valence-corrected chi connectivity index (χ2v) is 23.1. The van der Waals surface area contributed by atoms with Crippen LogP contribution < -0.4 is 18.9 Å². The number of esters is 6. The van der Waals surface area contributed by atoms with Gasteiger partial charge in [-0.25, -0.2) is 28.8 Å². The van der Waals surface area contributed by atoms with Crippen LogP contribution in [0.5, 0.6) is 51.7 Å². The number of carbonyl (C=O) groups excluding carboxylic acids is 8. The van der Waals surface area contributed by atoms with Gasteiger partial charge in [-0.1, -0.05) is 104 Å².